The summed E-state index contributed by atoms with van der Waals surface area (Å²) < 4.78 is 5.48. The van der Waals surface area contributed by atoms with Crippen molar-refractivity contribution in [3.63, 3.8) is 0 Å². The van der Waals surface area contributed by atoms with Crippen LogP contribution in [0.2, 0.25) is 5.02 Å². The highest BCUT2D eigenvalue weighted by molar-refractivity contribution is 6.30. The van der Waals surface area contributed by atoms with Gasteiger partial charge in [0.15, 0.2) is 0 Å². The van der Waals surface area contributed by atoms with Crippen molar-refractivity contribution >= 4 is 11.6 Å². The predicted molar refractivity (Wildman–Crippen MR) is 84.1 cm³/mol. The van der Waals surface area contributed by atoms with Crippen LogP contribution in [-0.4, -0.2) is 30.9 Å². The van der Waals surface area contributed by atoms with Crippen LogP contribution in [0.4, 0.5) is 0 Å². The molecule has 0 heterocycles. The Morgan fingerprint density at radius 1 is 1.20 bits per heavy atom. The number of benzene rings is 1. The molecule has 0 aromatic heterocycles. The van der Waals surface area contributed by atoms with E-state index in [1.807, 2.05) is 24.3 Å². The minimum atomic E-state index is -0.450. The molecule has 3 nitrogen and oxygen atoms in total. The van der Waals surface area contributed by atoms with Crippen LogP contribution in [0.15, 0.2) is 24.3 Å². The van der Waals surface area contributed by atoms with Crippen molar-refractivity contribution in [2.45, 2.75) is 45.3 Å². The number of hydrogen-bond donors (Lipinski definition) is 2. The van der Waals surface area contributed by atoms with Gasteiger partial charge in [0.05, 0.1) is 19.3 Å². The number of hydrogen-bond acceptors (Lipinski definition) is 3. The maximum Gasteiger partial charge on any atom is 0.0897 e. The number of aliphatic hydroxyl groups is 1. The van der Waals surface area contributed by atoms with Gasteiger partial charge in [-0.25, -0.2) is 0 Å². The smallest absolute Gasteiger partial charge is 0.0897 e. The normalized spacial score (nSPS) is 12.6. The molecular weight excluding hydrogens is 274 g/mol. The molecule has 0 aliphatic rings. The quantitative estimate of drug-likeness (QED) is 0.616. The minimum Gasteiger partial charge on any atom is -0.389 e. The fourth-order valence-electron chi connectivity index (χ4n) is 1.90. The highest BCUT2D eigenvalue weighted by Crippen LogP contribution is 2.10. The molecule has 0 fully saturated rings. The van der Waals surface area contributed by atoms with E-state index >= 15 is 0 Å². The molecule has 1 atom stereocenters. The van der Waals surface area contributed by atoms with Gasteiger partial charge < -0.3 is 15.2 Å². The monoisotopic (exact) mass is 299 g/mol. The number of rotatable bonds is 11. The van der Waals surface area contributed by atoms with Crippen molar-refractivity contribution in [1.29, 1.82) is 0 Å². The Balaban J connectivity index is 1.99. The van der Waals surface area contributed by atoms with Crippen LogP contribution < -0.4 is 5.32 Å². The van der Waals surface area contributed by atoms with E-state index in [2.05, 4.69) is 12.2 Å². The predicted octanol–water partition coefficient (Wildman–Crippen LogP) is 3.39. The SMILES string of the molecule is CCCCCCNCC(O)COCc1ccc(Cl)cc1. The summed E-state index contributed by atoms with van der Waals surface area (Å²) in [5.41, 5.74) is 1.06. The molecule has 1 rings (SSSR count). The lowest BCUT2D eigenvalue weighted by Crippen LogP contribution is -2.31. The molecule has 0 spiro atoms. The first kappa shape index (κ1) is 17.4. The molecule has 1 aromatic rings. The highest BCUT2D eigenvalue weighted by atomic mass is 35.5. The van der Waals surface area contributed by atoms with Gasteiger partial charge in [0.2, 0.25) is 0 Å². The first-order valence-corrected chi connectivity index (χ1v) is 7.81. The Bertz CT molecular complexity index is 343. The van der Waals surface area contributed by atoms with Gasteiger partial charge in [0, 0.05) is 11.6 Å². The van der Waals surface area contributed by atoms with E-state index < -0.39 is 6.10 Å². The maximum atomic E-state index is 9.77. The Labute approximate surface area is 127 Å². The van der Waals surface area contributed by atoms with E-state index in [0.29, 0.717) is 19.8 Å². The van der Waals surface area contributed by atoms with Gasteiger partial charge >= 0.3 is 0 Å². The molecule has 0 saturated carbocycles. The van der Waals surface area contributed by atoms with E-state index in [0.717, 1.165) is 17.1 Å². The zero-order valence-electron chi connectivity index (χ0n) is 12.3. The first-order chi connectivity index (χ1) is 9.72. The summed E-state index contributed by atoms with van der Waals surface area (Å²) in [6.45, 7) is 4.62. The van der Waals surface area contributed by atoms with Gasteiger partial charge in [-0.15, -0.1) is 0 Å². The average molecular weight is 300 g/mol. The second-order valence-electron chi connectivity index (χ2n) is 5.06. The lowest BCUT2D eigenvalue weighted by molar-refractivity contribution is 0.0289. The van der Waals surface area contributed by atoms with Crippen LogP contribution >= 0.6 is 11.6 Å². The average Bonchev–Trinajstić information content (AvgIpc) is 2.45. The molecule has 2 N–H and O–H groups in total. The molecule has 0 amide bonds. The van der Waals surface area contributed by atoms with Crippen molar-refractivity contribution in [1.82, 2.24) is 5.32 Å². The van der Waals surface area contributed by atoms with E-state index in [1.165, 1.54) is 25.7 Å². The molecule has 20 heavy (non-hydrogen) atoms. The topological polar surface area (TPSA) is 41.5 Å². The lowest BCUT2D eigenvalue weighted by atomic mass is 10.2. The van der Waals surface area contributed by atoms with Gasteiger partial charge in [-0.3, -0.25) is 0 Å². The zero-order chi connectivity index (χ0) is 14.6. The van der Waals surface area contributed by atoms with Crippen molar-refractivity contribution in [3.05, 3.63) is 34.9 Å². The largest absolute Gasteiger partial charge is 0.389 e. The second-order valence-corrected chi connectivity index (χ2v) is 5.50. The van der Waals surface area contributed by atoms with Crippen molar-refractivity contribution < 1.29 is 9.84 Å². The number of unbranched alkanes of at least 4 members (excludes halogenated alkanes) is 3. The summed E-state index contributed by atoms with van der Waals surface area (Å²) in [6.07, 6.45) is 4.52. The van der Waals surface area contributed by atoms with Gasteiger partial charge in [0.1, 0.15) is 0 Å². The van der Waals surface area contributed by atoms with Crippen LogP contribution in [0.3, 0.4) is 0 Å². The summed E-state index contributed by atoms with van der Waals surface area (Å²) in [5.74, 6) is 0. The summed E-state index contributed by atoms with van der Waals surface area (Å²) >= 11 is 5.81. The number of aliphatic hydroxyl groups excluding tert-OH is 1. The van der Waals surface area contributed by atoms with Crippen LogP contribution in [0.1, 0.15) is 38.2 Å². The molecule has 0 aliphatic heterocycles. The van der Waals surface area contributed by atoms with Gasteiger partial charge in [-0.1, -0.05) is 49.9 Å². The fourth-order valence-corrected chi connectivity index (χ4v) is 2.02. The Morgan fingerprint density at radius 2 is 1.95 bits per heavy atom. The molecule has 1 unspecified atom stereocenters. The van der Waals surface area contributed by atoms with Gasteiger partial charge in [-0.05, 0) is 30.7 Å². The molecular formula is C16H26ClNO2. The van der Waals surface area contributed by atoms with E-state index in [-0.39, 0.29) is 0 Å². The molecule has 0 bridgehead atoms. The van der Waals surface area contributed by atoms with E-state index in [4.69, 9.17) is 16.3 Å². The van der Waals surface area contributed by atoms with Crippen LogP contribution in [0.25, 0.3) is 0 Å². The number of ether oxygens (including phenoxy) is 1. The summed E-state index contributed by atoms with van der Waals surface area (Å²) in [7, 11) is 0. The molecule has 0 radical (unpaired) electrons. The van der Waals surface area contributed by atoms with Crippen molar-refractivity contribution in [2.75, 3.05) is 19.7 Å². The summed E-state index contributed by atoms with van der Waals surface area (Å²) in [6, 6.07) is 7.55. The van der Waals surface area contributed by atoms with Gasteiger partial charge in [-0.2, -0.15) is 0 Å². The molecule has 114 valence electrons. The van der Waals surface area contributed by atoms with Crippen LogP contribution in [0.5, 0.6) is 0 Å². The van der Waals surface area contributed by atoms with E-state index in [1.54, 1.807) is 0 Å². The van der Waals surface area contributed by atoms with Crippen LogP contribution in [0, 0.1) is 0 Å². The maximum absolute atomic E-state index is 9.77. The third-order valence-corrected chi connectivity index (χ3v) is 3.33. The first-order valence-electron chi connectivity index (χ1n) is 7.43. The summed E-state index contributed by atoms with van der Waals surface area (Å²) in [5, 5.41) is 13.7. The molecule has 0 saturated heterocycles. The van der Waals surface area contributed by atoms with Crippen LogP contribution in [-0.2, 0) is 11.3 Å². The van der Waals surface area contributed by atoms with Gasteiger partial charge in [0.25, 0.3) is 0 Å². The third-order valence-electron chi connectivity index (χ3n) is 3.08. The highest BCUT2D eigenvalue weighted by Gasteiger charge is 2.03. The number of nitrogens with one attached hydrogen (secondary N) is 1. The molecule has 1 aromatic carbocycles. The minimum absolute atomic E-state index is 0.352. The summed E-state index contributed by atoms with van der Waals surface area (Å²) in [4.78, 5) is 0. The Hall–Kier alpha value is -0.610. The zero-order valence-corrected chi connectivity index (χ0v) is 13.0. The lowest BCUT2D eigenvalue weighted by Gasteiger charge is -2.12. The molecule has 0 aliphatic carbocycles. The second kappa shape index (κ2) is 11.1. The van der Waals surface area contributed by atoms with Crippen molar-refractivity contribution in [3.8, 4) is 0 Å². The fraction of sp³-hybridized carbons (Fsp3) is 0.625. The van der Waals surface area contributed by atoms with Crippen molar-refractivity contribution in [2.24, 2.45) is 0 Å². The Morgan fingerprint density at radius 3 is 2.65 bits per heavy atom. The standard InChI is InChI=1S/C16H26ClNO2/c1-2-3-4-5-10-18-11-16(19)13-20-12-14-6-8-15(17)9-7-14/h6-9,16,18-19H,2-5,10-13H2,1H3. The van der Waals surface area contributed by atoms with E-state index in [9.17, 15) is 5.11 Å². The molecule has 4 heteroatoms. The Kier molecular flexibility index (Phi) is 9.67. The number of halogens is 1. The third kappa shape index (κ3) is 8.54.